The number of nitrogens with zero attached hydrogens (tertiary/aromatic N) is 1. The topological polar surface area (TPSA) is 90.5 Å². The number of piperidine rings is 1. The summed E-state index contributed by atoms with van der Waals surface area (Å²) < 4.78 is 0. The van der Waals surface area contributed by atoms with Gasteiger partial charge in [0.1, 0.15) is 0 Å². The molecule has 3 rings (SSSR count). The molecule has 4 amide bonds. The van der Waals surface area contributed by atoms with Crippen LogP contribution in [0.4, 0.5) is 10.5 Å². The van der Waals surface area contributed by atoms with Crippen molar-refractivity contribution < 1.29 is 14.4 Å². The van der Waals surface area contributed by atoms with E-state index < -0.39 is 0 Å². The van der Waals surface area contributed by atoms with Gasteiger partial charge in [-0.15, -0.1) is 0 Å². The molecule has 1 aliphatic rings. The smallest absolute Gasteiger partial charge is 0.321 e. The number of likely N-dealkylation sites (tertiary alicyclic amines) is 1. The molecule has 1 fully saturated rings. The number of anilines is 1. The molecule has 1 aliphatic heterocycles. The van der Waals surface area contributed by atoms with E-state index in [1.807, 2.05) is 42.5 Å². The van der Waals surface area contributed by atoms with Crippen LogP contribution in [0.1, 0.15) is 49.5 Å². The Labute approximate surface area is 183 Å². The number of hydrazine groups is 1. The summed E-state index contributed by atoms with van der Waals surface area (Å²) in [6.45, 7) is 7.30. The lowest BCUT2D eigenvalue weighted by atomic mass is 9.87. The molecule has 0 atom stereocenters. The predicted molar refractivity (Wildman–Crippen MR) is 121 cm³/mol. The maximum absolute atomic E-state index is 12.4. The highest BCUT2D eigenvalue weighted by atomic mass is 16.2. The molecule has 0 unspecified atom stereocenters. The molecular weight excluding hydrogens is 392 g/mol. The molecule has 164 valence electrons. The van der Waals surface area contributed by atoms with Gasteiger partial charge in [-0.1, -0.05) is 51.1 Å². The number of rotatable bonds is 3. The molecule has 2 aromatic carbocycles. The van der Waals surface area contributed by atoms with E-state index in [1.54, 1.807) is 17.0 Å². The van der Waals surface area contributed by atoms with Crippen LogP contribution >= 0.6 is 0 Å². The van der Waals surface area contributed by atoms with Gasteiger partial charge in [-0.2, -0.15) is 0 Å². The molecule has 1 heterocycles. The van der Waals surface area contributed by atoms with Crippen molar-refractivity contribution in [1.29, 1.82) is 0 Å². The van der Waals surface area contributed by atoms with Crippen LogP contribution in [-0.4, -0.2) is 35.8 Å². The van der Waals surface area contributed by atoms with Crippen LogP contribution in [0.3, 0.4) is 0 Å². The Morgan fingerprint density at radius 1 is 0.871 bits per heavy atom. The van der Waals surface area contributed by atoms with Crippen LogP contribution < -0.4 is 16.2 Å². The SMILES string of the molecule is CC(C)(C)c1ccc(C(=O)NNC(=O)C2CCN(C(=O)Nc3ccccc3)CC2)cc1. The van der Waals surface area contributed by atoms with Gasteiger partial charge in [0.15, 0.2) is 0 Å². The number of carbonyl (C=O) groups is 3. The summed E-state index contributed by atoms with van der Waals surface area (Å²) in [7, 11) is 0. The zero-order chi connectivity index (χ0) is 22.4. The van der Waals surface area contributed by atoms with Gasteiger partial charge < -0.3 is 10.2 Å². The zero-order valence-corrected chi connectivity index (χ0v) is 18.3. The van der Waals surface area contributed by atoms with E-state index in [4.69, 9.17) is 0 Å². The summed E-state index contributed by atoms with van der Waals surface area (Å²) in [6.07, 6.45) is 1.09. The van der Waals surface area contributed by atoms with Crippen LogP contribution in [-0.2, 0) is 10.2 Å². The van der Waals surface area contributed by atoms with Crippen LogP contribution in [0.15, 0.2) is 54.6 Å². The largest absolute Gasteiger partial charge is 0.324 e. The average Bonchev–Trinajstić information content (AvgIpc) is 2.77. The van der Waals surface area contributed by atoms with Crippen molar-refractivity contribution in [2.75, 3.05) is 18.4 Å². The molecule has 0 aromatic heterocycles. The van der Waals surface area contributed by atoms with E-state index >= 15 is 0 Å². The monoisotopic (exact) mass is 422 g/mol. The third-order valence-electron chi connectivity index (χ3n) is 5.49. The molecular formula is C24H30N4O3. The Balaban J connectivity index is 1.43. The summed E-state index contributed by atoms with van der Waals surface area (Å²) in [5, 5.41) is 2.86. The van der Waals surface area contributed by atoms with Gasteiger partial charge in [-0.3, -0.25) is 20.4 Å². The molecule has 1 saturated heterocycles. The maximum atomic E-state index is 12.4. The predicted octanol–water partition coefficient (Wildman–Crippen LogP) is 3.69. The van der Waals surface area contributed by atoms with Crippen LogP contribution in [0.2, 0.25) is 0 Å². The zero-order valence-electron chi connectivity index (χ0n) is 18.3. The number of amides is 4. The van der Waals surface area contributed by atoms with Gasteiger partial charge in [0, 0.05) is 30.3 Å². The molecule has 2 aromatic rings. The van der Waals surface area contributed by atoms with E-state index in [1.165, 1.54) is 0 Å². The highest BCUT2D eigenvalue weighted by Gasteiger charge is 2.27. The number of urea groups is 1. The minimum absolute atomic E-state index is 0.0100. The van der Waals surface area contributed by atoms with Crippen molar-refractivity contribution in [2.45, 2.75) is 39.0 Å². The fourth-order valence-electron chi connectivity index (χ4n) is 3.48. The first-order valence-corrected chi connectivity index (χ1v) is 10.6. The molecule has 0 saturated carbocycles. The molecule has 0 aliphatic carbocycles. The summed E-state index contributed by atoms with van der Waals surface area (Å²) in [5.41, 5.74) is 7.38. The van der Waals surface area contributed by atoms with Crippen LogP contribution in [0.5, 0.6) is 0 Å². The summed E-state index contributed by atoms with van der Waals surface area (Å²) in [4.78, 5) is 38.8. The van der Waals surface area contributed by atoms with Crippen molar-refractivity contribution in [3.63, 3.8) is 0 Å². The Kier molecular flexibility index (Phi) is 6.95. The van der Waals surface area contributed by atoms with Crippen molar-refractivity contribution in [3.05, 3.63) is 65.7 Å². The fourth-order valence-corrected chi connectivity index (χ4v) is 3.48. The fraction of sp³-hybridized carbons (Fsp3) is 0.375. The normalized spacial score (nSPS) is 14.6. The minimum Gasteiger partial charge on any atom is -0.324 e. The average molecular weight is 423 g/mol. The van der Waals surface area contributed by atoms with Gasteiger partial charge in [0.05, 0.1) is 0 Å². The van der Waals surface area contributed by atoms with Crippen molar-refractivity contribution in [2.24, 2.45) is 5.92 Å². The standard InChI is InChI=1S/C24H30N4O3/c1-24(2,3)19-11-9-17(10-12-19)21(29)26-27-22(30)18-13-15-28(16-14-18)23(31)25-20-7-5-4-6-8-20/h4-12,18H,13-16H2,1-3H3,(H,25,31)(H,26,29)(H,27,30). The number of para-hydroxylation sites is 1. The quantitative estimate of drug-likeness (QED) is 0.659. The number of nitrogens with one attached hydrogen (secondary N) is 3. The Bertz CT molecular complexity index is 912. The summed E-state index contributed by atoms with van der Waals surface area (Å²) in [5.74, 6) is -0.833. The Morgan fingerprint density at radius 2 is 1.48 bits per heavy atom. The molecule has 0 spiro atoms. The van der Waals surface area contributed by atoms with Gasteiger partial charge >= 0.3 is 6.03 Å². The lowest BCUT2D eigenvalue weighted by Crippen LogP contribution is -2.48. The molecule has 0 bridgehead atoms. The van der Waals surface area contributed by atoms with Gasteiger partial charge in [-0.05, 0) is 48.1 Å². The van der Waals surface area contributed by atoms with Gasteiger partial charge in [0.25, 0.3) is 5.91 Å². The number of hydrogen-bond acceptors (Lipinski definition) is 3. The van der Waals surface area contributed by atoms with Crippen LogP contribution in [0.25, 0.3) is 0 Å². The lowest BCUT2D eigenvalue weighted by Gasteiger charge is -2.31. The summed E-state index contributed by atoms with van der Waals surface area (Å²) in [6, 6.07) is 16.5. The molecule has 7 nitrogen and oxygen atoms in total. The van der Waals surface area contributed by atoms with Gasteiger partial charge in [0.2, 0.25) is 5.91 Å². The number of benzene rings is 2. The second-order valence-electron chi connectivity index (χ2n) is 8.83. The van der Waals surface area contributed by atoms with Crippen molar-refractivity contribution >= 4 is 23.5 Å². The third kappa shape index (κ3) is 6.07. The summed E-state index contributed by atoms with van der Waals surface area (Å²) >= 11 is 0. The second kappa shape index (κ2) is 9.64. The second-order valence-corrected chi connectivity index (χ2v) is 8.83. The molecule has 31 heavy (non-hydrogen) atoms. The van der Waals surface area contributed by atoms with Crippen LogP contribution in [0, 0.1) is 5.92 Å². The number of carbonyl (C=O) groups excluding carboxylic acids is 3. The first kappa shape index (κ1) is 22.3. The number of hydrogen-bond donors (Lipinski definition) is 3. The highest BCUT2D eigenvalue weighted by Crippen LogP contribution is 2.22. The van der Waals surface area contributed by atoms with E-state index in [0.717, 1.165) is 11.3 Å². The highest BCUT2D eigenvalue weighted by molar-refractivity contribution is 5.95. The Hall–Kier alpha value is -3.35. The lowest BCUT2D eigenvalue weighted by molar-refractivity contribution is -0.127. The molecule has 3 N–H and O–H groups in total. The minimum atomic E-state index is -0.353. The first-order valence-electron chi connectivity index (χ1n) is 10.6. The molecule has 7 heteroatoms. The third-order valence-corrected chi connectivity index (χ3v) is 5.49. The Morgan fingerprint density at radius 3 is 2.06 bits per heavy atom. The van der Waals surface area contributed by atoms with E-state index in [0.29, 0.717) is 31.5 Å². The van der Waals surface area contributed by atoms with E-state index in [-0.39, 0.29) is 29.2 Å². The molecule has 0 radical (unpaired) electrons. The van der Waals surface area contributed by atoms with Gasteiger partial charge in [-0.25, -0.2) is 4.79 Å². The van der Waals surface area contributed by atoms with E-state index in [9.17, 15) is 14.4 Å². The first-order chi connectivity index (χ1) is 14.7. The maximum Gasteiger partial charge on any atom is 0.321 e. The van der Waals surface area contributed by atoms with E-state index in [2.05, 4.69) is 36.9 Å². The van der Waals surface area contributed by atoms with Crippen molar-refractivity contribution in [3.8, 4) is 0 Å². The van der Waals surface area contributed by atoms with Crippen molar-refractivity contribution in [1.82, 2.24) is 15.8 Å².